The number of fused-ring (bicyclic) bond motifs is 1. The Morgan fingerprint density at radius 1 is 1.17 bits per heavy atom. The Kier molecular flexibility index (Phi) is 5.51. The summed E-state index contributed by atoms with van der Waals surface area (Å²) in [6, 6.07) is 10.2. The molecule has 1 aromatic heterocycles. The number of anilines is 1. The van der Waals surface area contributed by atoms with Crippen LogP contribution in [0.25, 0.3) is 5.57 Å². The van der Waals surface area contributed by atoms with Crippen molar-refractivity contribution in [1.82, 2.24) is 14.8 Å². The second-order valence-corrected chi connectivity index (χ2v) is 8.48. The van der Waals surface area contributed by atoms with Crippen LogP contribution in [0.1, 0.15) is 29.5 Å². The highest BCUT2D eigenvalue weighted by molar-refractivity contribution is 5.90. The number of rotatable bonds is 4. The zero-order valence-corrected chi connectivity index (χ0v) is 17.2. The van der Waals surface area contributed by atoms with Crippen molar-refractivity contribution in [2.75, 3.05) is 38.2 Å². The van der Waals surface area contributed by atoms with Crippen molar-refractivity contribution >= 4 is 17.3 Å². The van der Waals surface area contributed by atoms with Gasteiger partial charge in [-0.05, 0) is 59.2 Å². The molecular weight excluding hydrogens is 376 g/mol. The maximum absolute atomic E-state index is 12.6. The number of amides is 2. The van der Waals surface area contributed by atoms with Gasteiger partial charge < -0.3 is 15.0 Å². The molecule has 0 radical (unpaired) electrons. The second kappa shape index (κ2) is 8.58. The Balaban J connectivity index is 1.15. The van der Waals surface area contributed by atoms with Crippen molar-refractivity contribution in [2.24, 2.45) is 5.92 Å². The molecule has 4 heterocycles. The molecule has 0 bridgehead atoms. The Morgan fingerprint density at radius 3 is 2.77 bits per heavy atom. The van der Waals surface area contributed by atoms with E-state index in [9.17, 15) is 4.79 Å². The first-order chi connectivity index (χ1) is 14.7. The number of hydrogen-bond acceptors (Lipinski definition) is 4. The predicted molar refractivity (Wildman–Crippen MR) is 117 cm³/mol. The van der Waals surface area contributed by atoms with Gasteiger partial charge in [-0.25, -0.2) is 4.79 Å². The molecule has 156 valence electrons. The van der Waals surface area contributed by atoms with Crippen LogP contribution < -0.4 is 5.32 Å². The average Bonchev–Trinajstić information content (AvgIpc) is 3.44. The third kappa shape index (κ3) is 4.25. The standard InChI is InChI=1S/C24H28N4O2/c29-24(28-15-21-5-9-25-13-22(21)16-28)26-23-3-1-19(2-4-23)20-6-10-27(11-7-20)14-18-8-12-30-17-18/h1-6,9,13,18H,7-8,10-12,14-17H2,(H,26,29). The fraction of sp³-hybridized carbons (Fsp3) is 0.417. The maximum atomic E-state index is 12.6. The Labute approximate surface area is 177 Å². The number of pyridine rings is 1. The third-order valence-corrected chi connectivity index (χ3v) is 6.35. The van der Waals surface area contributed by atoms with Gasteiger partial charge in [0.1, 0.15) is 0 Å². The van der Waals surface area contributed by atoms with Gasteiger partial charge >= 0.3 is 6.03 Å². The van der Waals surface area contributed by atoms with Crippen LogP contribution in [-0.2, 0) is 17.8 Å². The summed E-state index contributed by atoms with van der Waals surface area (Å²) >= 11 is 0. The fourth-order valence-electron chi connectivity index (χ4n) is 4.57. The summed E-state index contributed by atoms with van der Waals surface area (Å²) in [6.45, 7) is 6.34. The zero-order valence-electron chi connectivity index (χ0n) is 17.2. The van der Waals surface area contributed by atoms with Crippen LogP contribution in [0.2, 0.25) is 0 Å². The number of hydrogen-bond donors (Lipinski definition) is 1. The molecule has 0 saturated carbocycles. The molecule has 1 atom stereocenters. The van der Waals surface area contributed by atoms with E-state index in [1.165, 1.54) is 23.1 Å². The molecule has 5 rings (SSSR count). The summed E-state index contributed by atoms with van der Waals surface area (Å²) in [5.74, 6) is 0.697. The molecule has 3 aliphatic rings. The minimum atomic E-state index is -0.0673. The van der Waals surface area contributed by atoms with E-state index in [1.807, 2.05) is 29.3 Å². The lowest BCUT2D eigenvalue weighted by Gasteiger charge is -2.28. The van der Waals surface area contributed by atoms with E-state index < -0.39 is 0 Å². The monoisotopic (exact) mass is 404 g/mol. The van der Waals surface area contributed by atoms with Crippen molar-refractivity contribution in [3.63, 3.8) is 0 Å². The highest BCUT2D eigenvalue weighted by Gasteiger charge is 2.23. The summed E-state index contributed by atoms with van der Waals surface area (Å²) in [4.78, 5) is 21.1. The Bertz CT molecular complexity index is 909. The number of ether oxygens (including phenoxy) is 1. The molecule has 6 heteroatoms. The smallest absolute Gasteiger partial charge is 0.322 e. The molecule has 6 nitrogen and oxygen atoms in total. The summed E-state index contributed by atoms with van der Waals surface area (Å²) in [5.41, 5.74) is 5.78. The van der Waals surface area contributed by atoms with Gasteiger partial charge in [0.2, 0.25) is 0 Å². The largest absolute Gasteiger partial charge is 0.381 e. The SMILES string of the molecule is O=C(Nc1ccc(C2=CCN(CC3CCOC3)CC2)cc1)N1Cc2ccncc2C1. The lowest BCUT2D eigenvalue weighted by atomic mass is 9.98. The minimum Gasteiger partial charge on any atom is -0.381 e. The van der Waals surface area contributed by atoms with Gasteiger partial charge in [0.05, 0.1) is 6.61 Å². The molecule has 0 aliphatic carbocycles. The van der Waals surface area contributed by atoms with Crippen molar-refractivity contribution in [3.05, 3.63) is 65.5 Å². The number of aromatic nitrogens is 1. The lowest BCUT2D eigenvalue weighted by Crippen LogP contribution is -2.33. The molecule has 30 heavy (non-hydrogen) atoms. The quantitative estimate of drug-likeness (QED) is 0.843. The molecule has 1 N–H and O–H groups in total. The summed E-state index contributed by atoms with van der Waals surface area (Å²) < 4.78 is 5.50. The van der Waals surface area contributed by atoms with Gasteiger partial charge in [-0.15, -0.1) is 0 Å². The number of nitrogens with zero attached hydrogens (tertiary/aromatic N) is 3. The van der Waals surface area contributed by atoms with Crippen LogP contribution in [0.3, 0.4) is 0 Å². The van der Waals surface area contributed by atoms with Crippen molar-refractivity contribution in [2.45, 2.75) is 25.9 Å². The van der Waals surface area contributed by atoms with Crippen molar-refractivity contribution in [1.29, 1.82) is 0 Å². The minimum absolute atomic E-state index is 0.0673. The van der Waals surface area contributed by atoms with Gasteiger partial charge in [0, 0.05) is 57.4 Å². The fourth-order valence-corrected chi connectivity index (χ4v) is 4.57. The molecule has 2 amide bonds. The van der Waals surface area contributed by atoms with Crippen LogP contribution >= 0.6 is 0 Å². The molecule has 2 aromatic rings. The molecule has 3 aliphatic heterocycles. The molecular formula is C24H28N4O2. The number of nitrogens with one attached hydrogen (secondary N) is 1. The number of urea groups is 1. The van der Waals surface area contributed by atoms with Gasteiger partial charge in [-0.3, -0.25) is 9.88 Å². The third-order valence-electron chi connectivity index (χ3n) is 6.35. The summed E-state index contributed by atoms with van der Waals surface area (Å²) in [6.07, 6.45) is 8.24. The Hall–Kier alpha value is -2.70. The molecule has 1 fully saturated rings. The molecule has 1 saturated heterocycles. The molecule has 1 aromatic carbocycles. The van der Waals surface area contributed by atoms with Gasteiger partial charge in [-0.1, -0.05) is 18.2 Å². The van der Waals surface area contributed by atoms with E-state index in [1.54, 1.807) is 6.20 Å². The molecule has 1 unspecified atom stereocenters. The van der Waals surface area contributed by atoms with Crippen molar-refractivity contribution in [3.8, 4) is 0 Å². The van der Waals surface area contributed by atoms with Crippen LogP contribution in [0.15, 0.2) is 48.8 Å². The van der Waals surface area contributed by atoms with Crippen molar-refractivity contribution < 1.29 is 9.53 Å². The normalized spacial score (nSPS) is 21.4. The van der Waals surface area contributed by atoms with Crippen LogP contribution in [-0.4, -0.2) is 53.7 Å². The maximum Gasteiger partial charge on any atom is 0.322 e. The summed E-state index contributed by atoms with van der Waals surface area (Å²) in [5, 5.41) is 3.02. The van der Waals surface area contributed by atoms with E-state index in [4.69, 9.17) is 4.74 Å². The van der Waals surface area contributed by atoms with Gasteiger partial charge in [0.25, 0.3) is 0 Å². The predicted octanol–water partition coefficient (Wildman–Crippen LogP) is 3.75. The lowest BCUT2D eigenvalue weighted by molar-refractivity contribution is 0.170. The first-order valence-corrected chi connectivity index (χ1v) is 10.8. The highest BCUT2D eigenvalue weighted by atomic mass is 16.5. The van der Waals surface area contributed by atoms with Crippen LogP contribution in [0.4, 0.5) is 10.5 Å². The van der Waals surface area contributed by atoms with E-state index in [-0.39, 0.29) is 6.03 Å². The van der Waals surface area contributed by atoms with E-state index in [2.05, 4.69) is 33.4 Å². The zero-order chi connectivity index (χ0) is 20.3. The number of carbonyl (C=O) groups excluding carboxylic acids is 1. The van der Waals surface area contributed by atoms with Crippen LogP contribution in [0, 0.1) is 5.92 Å². The first kappa shape index (κ1) is 19.3. The van der Waals surface area contributed by atoms with E-state index in [0.29, 0.717) is 19.0 Å². The number of carbonyl (C=O) groups is 1. The topological polar surface area (TPSA) is 57.7 Å². The second-order valence-electron chi connectivity index (χ2n) is 8.48. The Morgan fingerprint density at radius 2 is 2.03 bits per heavy atom. The number of benzene rings is 1. The summed E-state index contributed by atoms with van der Waals surface area (Å²) in [7, 11) is 0. The average molecular weight is 405 g/mol. The first-order valence-electron chi connectivity index (χ1n) is 10.8. The van der Waals surface area contributed by atoms with Gasteiger partial charge in [-0.2, -0.15) is 0 Å². The highest BCUT2D eigenvalue weighted by Crippen LogP contribution is 2.26. The van der Waals surface area contributed by atoms with E-state index in [0.717, 1.165) is 50.5 Å². The molecule has 0 spiro atoms. The van der Waals surface area contributed by atoms with Gasteiger partial charge in [0.15, 0.2) is 0 Å². The van der Waals surface area contributed by atoms with Crippen LogP contribution in [0.5, 0.6) is 0 Å². The van der Waals surface area contributed by atoms with E-state index >= 15 is 0 Å².